The lowest BCUT2D eigenvalue weighted by molar-refractivity contribution is -0.124. The number of hydrogen-bond acceptors (Lipinski definition) is 5. The van der Waals surface area contributed by atoms with Gasteiger partial charge in [-0.2, -0.15) is 5.10 Å². The van der Waals surface area contributed by atoms with Gasteiger partial charge < -0.3 is 9.52 Å². The lowest BCUT2D eigenvalue weighted by atomic mass is 10.0. The Labute approximate surface area is 139 Å². The van der Waals surface area contributed by atoms with Crippen molar-refractivity contribution >= 4 is 11.6 Å². The molecule has 126 valence electrons. The molecule has 0 saturated carbocycles. The maximum atomic E-state index is 12.1. The fourth-order valence-electron chi connectivity index (χ4n) is 2.29. The van der Waals surface area contributed by atoms with Gasteiger partial charge in [-0.1, -0.05) is 37.3 Å². The molecule has 1 atom stereocenters. The number of nitrogens with zero attached hydrogens (tertiary/aromatic N) is 1. The zero-order valence-electron chi connectivity index (χ0n) is 13.9. The molecule has 1 aromatic carbocycles. The van der Waals surface area contributed by atoms with Crippen LogP contribution in [0.4, 0.5) is 0 Å². The highest BCUT2D eigenvalue weighted by atomic mass is 16.4. The molecule has 1 heterocycles. The third-order valence-electron chi connectivity index (χ3n) is 3.58. The second-order valence-electron chi connectivity index (χ2n) is 5.67. The molecule has 0 aliphatic heterocycles. The average molecular weight is 328 g/mol. The van der Waals surface area contributed by atoms with Crippen LogP contribution in [-0.4, -0.2) is 16.7 Å². The van der Waals surface area contributed by atoms with Crippen molar-refractivity contribution in [1.82, 2.24) is 5.43 Å². The number of amides is 1. The minimum Gasteiger partial charge on any atom is -0.507 e. The van der Waals surface area contributed by atoms with Crippen LogP contribution in [0.1, 0.15) is 30.7 Å². The molecular formula is C18H20N2O4. The summed E-state index contributed by atoms with van der Waals surface area (Å²) in [4.78, 5) is 23.9. The molecule has 2 rings (SSSR count). The van der Waals surface area contributed by atoms with Gasteiger partial charge in [0.05, 0.1) is 5.71 Å². The first-order valence-corrected chi connectivity index (χ1v) is 7.60. The third-order valence-corrected chi connectivity index (χ3v) is 3.58. The molecule has 0 aliphatic carbocycles. The number of aryl methyl sites for hydroxylation is 1. The van der Waals surface area contributed by atoms with Crippen molar-refractivity contribution in [1.29, 1.82) is 0 Å². The minimum atomic E-state index is -0.694. The van der Waals surface area contributed by atoms with Crippen molar-refractivity contribution in [2.24, 2.45) is 11.0 Å². The molecule has 24 heavy (non-hydrogen) atoms. The Bertz CT molecular complexity index is 810. The van der Waals surface area contributed by atoms with E-state index in [9.17, 15) is 14.7 Å². The molecule has 2 aromatic rings. The number of benzene rings is 1. The molecule has 6 heteroatoms. The summed E-state index contributed by atoms with van der Waals surface area (Å²) in [5.41, 5.74) is 2.91. The Morgan fingerprint density at radius 2 is 2.00 bits per heavy atom. The highest BCUT2D eigenvalue weighted by Crippen LogP contribution is 2.15. The molecule has 1 amide bonds. The van der Waals surface area contributed by atoms with Crippen LogP contribution in [0.3, 0.4) is 0 Å². The van der Waals surface area contributed by atoms with Gasteiger partial charge in [0.2, 0.25) is 5.91 Å². The van der Waals surface area contributed by atoms with Crippen LogP contribution in [0.25, 0.3) is 0 Å². The van der Waals surface area contributed by atoms with Crippen molar-refractivity contribution < 1.29 is 14.3 Å². The van der Waals surface area contributed by atoms with Gasteiger partial charge in [-0.15, -0.1) is 0 Å². The molecule has 0 spiro atoms. The average Bonchev–Trinajstić information content (AvgIpc) is 2.52. The second-order valence-corrected chi connectivity index (χ2v) is 5.67. The highest BCUT2D eigenvalue weighted by Gasteiger charge is 2.16. The number of hydrazone groups is 1. The number of hydrogen-bond donors (Lipinski definition) is 2. The third kappa shape index (κ3) is 4.32. The van der Waals surface area contributed by atoms with E-state index in [1.54, 1.807) is 13.8 Å². The van der Waals surface area contributed by atoms with Crippen LogP contribution in [0.5, 0.6) is 5.75 Å². The lowest BCUT2D eigenvalue weighted by Crippen LogP contribution is -2.28. The summed E-state index contributed by atoms with van der Waals surface area (Å²) >= 11 is 0. The fourth-order valence-corrected chi connectivity index (χ4v) is 2.29. The van der Waals surface area contributed by atoms with Crippen LogP contribution in [-0.2, 0) is 11.2 Å². The lowest BCUT2D eigenvalue weighted by Gasteiger charge is -2.10. The van der Waals surface area contributed by atoms with E-state index in [4.69, 9.17) is 4.42 Å². The normalized spacial score (nSPS) is 12.7. The van der Waals surface area contributed by atoms with Gasteiger partial charge in [-0.05, 0) is 25.8 Å². The van der Waals surface area contributed by atoms with Gasteiger partial charge in [0.25, 0.3) is 0 Å². The monoisotopic (exact) mass is 328 g/mol. The summed E-state index contributed by atoms with van der Waals surface area (Å²) in [6.07, 6.45) is 0.583. The molecular weight excluding hydrogens is 308 g/mol. The van der Waals surface area contributed by atoms with E-state index in [-0.39, 0.29) is 28.8 Å². The first kappa shape index (κ1) is 17.5. The number of rotatable bonds is 5. The predicted octanol–water partition coefficient (Wildman–Crippen LogP) is 2.37. The number of aromatic hydroxyl groups is 1. The van der Waals surface area contributed by atoms with E-state index in [0.29, 0.717) is 12.2 Å². The van der Waals surface area contributed by atoms with E-state index in [0.717, 1.165) is 5.56 Å². The highest BCUT2D eigenvalue weighted by molar-refractivity contribution is 6.01. The molecule has 2 N–H and O–H groups in total. The van der Waals surface area contributed by atoms with Crippen LogP contribution in [0.2, 0.25) is 0 Å². The Morgan fingerprint density at radius 1 is 1.33 bits per heavy atom. The fraction of sp³-hybridized carbons (Fsp3) is 0.278. The van der Waals surface area contributed by atoms with Gasteiger partial charge in [0, 0.05) is 12.0 Å². The maximum absolute atomic E-state index is 12.1. The molecule has 0 fully saturated rings. The summed E-state index contributed by atoms with van der Waals surface area (Å²) in [5, 5.41) is 13.8. The van der Waals surface area contributed by atoms with Gasteiger partial charge in [0.1, 0.15) is 17.1 Å². The number of nitrogens with one attached hydrogen (secondary N) is 1. The summed E-state index contributed by atoms with van der Waals surface area (Å²) in [5.74, 6) is -0.479. The van der Waals surface area contributed by atoms with Gasteiger partial charge >= 0.3 is 5.63 Å². The molecule has 1 aromatic heterocycles. The van der Waals surface area contributed by atoms with Crippen molar-refractivity contribution in [2.45, 2.75) is 27.2 Å². The summed E-state index contributed by atoms with van der Waals surface area (Å²) < 4.78 is 4.93. The summed E-state index contributed by atoms with van der Waals surface area (Å²) in [6.45, 7) is 4.87. The molecule has 0 saturated heterocycles. The van der Waals surface area contributed by atoms with Crippen molar-refractivity contribution in [2.75, 3.05) is 0 Å². The zero-order valence-corrected chi connectivity index (χ0v) is 13.9. The van der Waals surface area contributed by atoms with Crippen molar-refractivity contribution in [3.05, 3.63) is 63.7 Å². The van der Waals surface area contributed by atoms with Crippen molar-refractivity contribution in [3.8, 4) is 5.75 Å². The Balaban J connectivity index is 2.07. The Kier molecular flexibility index (Phi) is 5.52. The largest absolute Gasteiger partial charge is 0.507 e. The smallest absolute Gasteiger partial charge is 0.348 e. The molecule has 1 unspecified atom stereocenters. The minimum absolute atomic E-state index is 0.0587. The Hall–Kier alpha value is -2.89. The SMILES string of the molecule is C/C(=N\NC(=O)C(C)Cc1ccccc1)c1c(O)cc(C)oc1=O. The van der Waals surface area contributed by atoms with Crippen LogP contribution < -0.4 is 11.1 Å². The topological polar surface area (TPSA) is 91.9 Å². The van der Waals surface area contributed by atoms with E-state index in [2.05, 4.69) is 10.5 Å². The zero-order chi connectivity index (χ0) is 17.7. The van der Waals surface area contributed by atoms with Gasteiger partial charge in [-0.3, -0.25) is 4.79 Å². The maximum Gasteiger partial charge on any atom is 0.348 e. The van der Waals surface area contributed by atoms with E-state index < -0.39 is 5.63 Å². The standard InChI is InChI=1S/C18H20N2O4/c1-11(9-14-7-5-4-6-8-14)17(22)20-19-13(3)16-15(21)10-12(2)24-18(16)23/h4-8,10-11,21H,9H2,1-3H3,(H,20,22)/b19-13+. The summed E-state index contributed by atoms with van der Waals surface area (Å²) in [7, 11) is 0. The predicted molar refractivity (Wildman–Crippen MR) is 91.0 cm³/mol. The molecule has 0 bridgehead atoms. The summed E-state index contributed by atoms with van der Waals surface area (Å²) in [6, 6.07) is 11.0. The molecule has 0 aliphatic rings. The van der Waals surface area contributed by atoms with E-state index in [1.807, 2.05) is 30.3 Å². The van der Waals surface area contributed by atoms with Crippen molar-refractivity contribution in [3.63, 3.8) is 0 Å². The van der Waals surface area contributed by atoms with E-state index in [1.165, 1.54) is 13.0 Å². The quantitative estimate of drug-likeness (QED) is 0.651. The number of carbonyl (C=O) groups is 1. The molecule has 6 nitrogen and oxygen atoms in total. The van der Waals surface area contributed by atoms with Crippen LogP contribution in [0.15, 0.2) is 50.7 Å². The Morgan fingerprint density at radius 3 is 2.62 bits per heavy atom. The van der Waals surface area contributed by atoms with Crippen LogP contribution >= 0.6 is 0 Å². The van der Waals surface area contributed by atoms with Gasteiger partial charge in [-0.25, -0.2) is 10.2 Å². The first-order chi connectivity index (χ1) is 11.4. The molecule has 0 radical (unpaired) electrons. The second kappa shape index (κ2) is 7.59. The number of carbonyl (C=O) groups excluding carboxylic acids is 1. The van der Waals surface area contributed by atoms with Gasteiger partial charge in [0.15, 0.2) is 0 Å². The van der Waals surface area contributed by atoms with Crippen LogP contribution in [0, 0.1) is 12.8 Å². The first-order valence-electron chi connectivity index (χ1n) is 7.60. The van der Waals surface area contributed by atoms with E-state index >= 15 is 0 Å².